The number of benzene rings is 1. The Kier molecular flexibility index (Phi) is 4.59. The minimum atomic E-state index is -0.783. The average Bonchev–Trinajstić information content (AvgIpc) is 3.41. The number of aromatic nitrogens is 1. The van der Waals surface area contributed by atoms with Crippen LogP contribution in [0.4, 0.5) is 11.4 Å². The first kappa shape index (κ1) is 19.4. The second kappa shape index (κ2) is 7.31. The number of nitrogens with one attached hydrogen (secondary N) is 2. The SMILES string of the molecule is CC(=O)Nc1ccc(N2C[C@@]34C=C[C@@H](O3)[C@H](C(=O)NCc3cccnc3)[C@H]4C2=O)cc1. The average molecular weight is 418 g/mol. The topological polar surface area (TPSA) is 101 Å². The summed E-state index contributed by atoms with van der Waals surface area (Å²) < 4.78 is 6.16. The number of hydrogen-bond acceptors (Lipinski definition) is 5. The lowest BCUT2D eigenvalue weighted by atomic mass is 9.77. The Morgan fingerprint density at radius 2 is 2.06 bits per heavy atom. The largest absolute Gasteiger partial charge is 0.360 e. The molecule has 0 saturated carbocycles. The Morgan fingerprint density at radius 1 is 1.26 bits per heavy atom. The summed E-state index contributed by atoms with van der Waals surface area (Å²) in [5.74, 6) is -1.61. The summed E-state index contributed by atoms with van der Waals surface area (Å²) in [6.45, 7) is 2.15. The Bertz CT molecular complexity index is 1070. The third-order valence-corrected chi connectivity index (χ3v) is 6.09. The summed E-state index contributed by atoms with van der Waals surface area (Å²) in [4.78, 5) is 43.3. The number of ether oxygens (including phenoxy) is 1. The van der Waals surface area contributed by atoms with Gasteiger partial charge in [0.25, 0.3) is 0 Å². The van der Waals surface area contributed by atoms with Crippen LogP contribution in [0.15, 0.2) is 60.9 Å². The Labute approximate surface area is 179 Å². The molecular weight excluding hydrogens is 396 g/mol. The molecule has 3 amide bonds. The first-order valence-electron chi connectivity index (χ1n) is 10.2. The lowest BCUT2D eigenvalue weighted by Gasteiger charge is -2.23. The van der Waals surface area contributed by atoms with Crippen molar-refractivity contribution in [2.75, 3.05) is 16.8 Å². The standard InChI is InChI=1S/C23H22N4O4/c1-14(28)26-16-4-6-17(7-5-16)27-13-23-9-8-18(31-23)19(20(23)22(27)30)21(29)25-12-15-3-2-10-24-11-15/h2-11,18-20H,12-13H2,1H3,(H,25,29)(H,26,28)/t18-,19+,20+,23-/m1/s1. The molecule has 31 heavy (non-hydrogen) atoms. The Morgan fingerprint density at radius 3 is 2.77 bits per heavy atom. The van der Waals surface area contributed by atoms with E-state index in [-0.39, 0.29) is 17.7 Å². The van der Waals surface area contributed by atoms with Gasteiger partial charge in [0.2, 0.25) is 17.7 Å². The van der Waals surface area contributed by atoms with Gasteiger partial charge in [-0.05, 0) is 35.9 Å². The molecule has 1 aromatic carbocycles. The molecule has 1 aromatic heterocycles. The van der Waals surface area contributed by atoms with Gasteiger partial charge in [-0.1, -0.05) is 18.2 Å². The highest BCUT2D eigenvalue weighted by Crippen LogP contribution is 2.52. The van der Waals surface area contributed by atoms with Crippen molar-refractivity contribution in [2.45, 2.75) is 25.2 Å². The van der Waals surface area contributed by atoms with Gasteiger partial charge in [-0.15, -0.1) is 0 Å². The third-order valence-electron chi connectivity index (χ3n) is 6.09. The number of carbonyl (C=O) groups is 3. The van der Waals surface area contributed by atoms with Crippen LogP contribution in [0.1, 0.15) is 12.5 Å². The van der Waals surface area contributed by atoms with E-state index in [4.69, 9.17) is 4.74 Å². The van der Waals surface area contributed by atoms with Crippen LogP contribution in [0.3, 0.4) is 0 Å². The minimum Gasteiger partial charge on any atom is -0.360 e. The molecule has 1 spiro atoms. The number of rotatable bonds is 5. The molecule has 0 unspecified atom stereocenters. The van der Waals surface area contributed by atoms with E-state index in [1.165, 1.54) is 6.92 Å². The predicted octanol–water partition coefficient (Wildman–Crippen LogP) is 1.64. The van der Waals surface area contributed by atoms with Crippen LogP contribution in [-0.4, -0.2) is 41.0 Å². The van der Waals surface area contributed by atoms with Gasteiger partial charge in [-0.3, -0.25) is 19.4 Å². The van der Waals surface area contributed by atoms with E-state index in [0.717, 1.165) is 5.56 Å². The quantitative estimate of drug-likeness (QED) is 0.719. The maximum atomic E-state index is 13.4. The van der Waals surface area contributed by atoms with Crippen molar-refractivity contribution < 1.29 is 19.1 Å². The molecule has 2 fully saturated rings. The Balaban J connectivity index is 1.34. The summed E-state index contributed by atoms with van der Waals surface area (Å²) in [7, 11) is 0. The van der Waals surface area contributed by atoms with E-state index in [2.05, 4.69) is 15.6 Å². The van der Waals surface area contributed by atoms with Gasteiger partial charge >= 0.3 is 0 Å². The summed E-state index contributed by atoms with van der Waals surface area (Å²) in [5, 5.41) is 5.64. The van der Waals surface area contributed by atoms with E-state index in [1.54, 1.807) is 41.6 Å². The molecule has 4 heterocycles. The van der Waals surface area contributed by atoms with E-state index in [0.29, 0.717) is 24.5 Å². The van der Waals surface area contributed by atoms with E-state index < -0.39 is 23.5 Å². The molecular formula is C23H22N4O4. The fourth-order valence-electron chi connectivity index (χ4n) is 4.75. The summed E-state index contributed by atoms with van der Waals surface area (Å²) >= 11 is 0. The highest BCUT2D eigenvalue weighted by molar-refractivity contribution is 6.03. The first-order chi connectivity index (χ1) is 15.0. The van der Waals surface area contributed by atoms with Crippen LogP contribution in [0, 0.1) is 11.8 Å². The van der Waals surface area contributed by atoms with Gasteiger partial charge < -0.3 is 20.3 Å². The monoisotopic (exact) mass is 418 g/mol. The molecule has 2 bridgehead atoms. The van der Waals surface area contributed by atoms with Crippen LogP contribution < -0.4 is 15.5 Å². The van der Waals surface area contributed by atoms with Gasteiger partial charge in [0.1, 0.15) is 5.60 Å². The molecule has 5 rings (SSSR count). The second-order valence-electron chi connectivity index (χ2n) is 8.13. The zero-order valence-corrected chi connectivity index (χ0v) is 16.9. The predicted molar refractivity (Wildman–Crippen MR) is 113 cm³/mol. The van der Waals surface area contributed by atoms with Crippen molar-refractivity contribution in [2.24, 2.45) is 11.8 Å². The molecule has 2 aromatic rings. The fraction of sp³-hybridized carbons (Fsp3) is 0.304. The van der Waals surface area contributed by atoms with Crippen molar-refractivity contribution in [1.29, 1.82) is 0 Å². The number of nitrogens with zero attached hydrogens (tertiary/aromatic N) is 2. The molecule has 158 valence electrons. The normalized spacial score (nSPS) is 28.0. The van der Waals surface area contributed by atoms with E-state index >= 15 is 0 Å². The van der Waals surface area contributed by atoms with Crippen LogP contribution in [0.5, 0.6) is 0 Å². The molecule has 2 N–H and O–H groups in total. The highest BCUT2D eigenvalue weighted by Gasteiger charge is 2.67. The lowest BCUT2D eigenvalue weighted by molar-refractivity contribution is -0.132. The van der Waals surface area contributed by atoms with Crippen molar-refractivity contribution >= 4 is 29.1 Å². The lowest BCUT2D eigenvalue weighted by Crippen LogP contribution is -2.44. The Hall–Kier alpha value is -3.52. The van der Waals surface area contributed by atoms with Crippen molar-refractivity contribution in [3.05, 3.63) is 66.5 Å². The molecule has 3 aliphatic rings. The highest BCUT2D eigenvalue weighted by atomic mass is 16.5. The van der Waals surface area contributed by atoms with Crippen molar-refractivity contribution in [3.63, 3.8) is 0 Å². The number of anilines is 2. The van der Waals surface area contributed by atoms with E-state index in [1.807, 2.05) is 24.3 Å². The number of pyridine rings is 1. The molecule has 0 radical (unpaired) electrons. The van der Waals surface area contributed by atoms with Gasteiger partial charge in [-0.25, -0.2) is 0 Å². The molecule has 2 saturated heterocycles. The van der Waals surface area contributed by atoms with Crippen LogP contribution >= 0.6 is 0 Å². The second-order valence-corrected chi connectivity index (χ2v) is 8.13. The minimum absolute atomic E-state index is 0.124. The smallest absolute Gasteiger partial charge is 0.234 e. The number of fused-ring (bicyclic) bond motifs is 1. The number of amides is 3. The van der Waals surface area contributed by atoms with Gasteiger partial charge in [-0.2, -0.15) is 0 Å². The zero-order chi connectivity index (χ0) is 21.6. The van der Waals surface area contributed by atoms with Crippen molar-refractivity contribution in [3.8, 4) is 0 Å². The van der Waals surface area contributed by atoms with Crippen LogP contribution in [0.25, 0.3) is 0 Å². The van der Waals surface area contributed by atoms with E-state index in [9.17, 15) is 14.4 Å². The fourth-order valence-corrected chi connectivity index (χ4v) is 4.75. The van der Waals surface area contributed by atoms with Gasteiger partial charge in [0, 0.05) is 37.2 Å². The number of hydrogen-bond donors (Lipinski definition) is 2. The summed E-state index contributed by atoms with van der Waals surface area (Å²) in [6.07, 6.45) is 6.80. The zero-order valence-electron chi connectivity index (χ0n) is 16.9. The molecule has 0 aliphatic carbocycles. The van der Waals surface area contributed by atoms with Crippen LogP contribution in [-0.2, 0) is 25.7 Å². The van der Waals surface area contributed by atoms with Gasteiger partial charge in [0.05, 0.1) is 24.5 Å². The number of carbonyl (C=O) groups excluding carboxylic acids is 3. The molecule has 3 aliphatic heterocycles. The maximum absolute atomic E-state index is 13.4. The van der Waals surface area contributed by atoms with Gasteiger partial charge in [0.15, 0.2) is 0 Å². The maximum Gasteiger partial charge on any atom is 0.234 e. The molecule has 4 atom stereocenters. The van der Waals surface area contributed by atoms with Crippen molar-refractivity contribution in [1.82, 2.24) is 10.3 Å². The first-order valence-corrected chi connectivity index (χ1v) is 10.2. The third kappa shape index (κ3) is 3.29. The molecule has 8 heteroatoms. The summed E-state index contributed by atoms with van der Waals surface area (Å²) in [5.41, 5.74) is 1.47. The van der Waals surface area contributed by atoms with Crippen LogP contribution in [0.2, 0.25) is 0 Å². The molecule has 8 nitrogen and oxygen atoms in total. The summed E-state index contributed by atoms with van der Waals surface area (Å²) in [6, 6.07) is 10.8.